The lowest BCUT2D eigenvalue weighted by molar-refractivity contribution is 0.220. The molecule has 0 fully saturated rings. The van der Waals surface area contributed by atoms with Crippen molar-refractivity contribution in [1.82, 2.24) is 0 Å². The third-order valence-electron chi connectivity index (χ3n) is 4.18. The van der Waals surface area contributed by atoms with Gasteiger partial charge >= 0.3 is 7.60 Å². The number of hydrogen-bond acceptors (Lipinski definition) is 3. The van der Waals surface area contributed by atoms with Gasteiger partial charge in [0.1, 0.15) is 0 Å². The number of aryl methyl sites for hydroxylation is 2. The summed E-state index contributed by atoms with van der Waals surface area (Å²) in [5.41, 5.74) is 5.17. The van der Waals surface area contributed by atoms with Gasteiger partial charge in [0, 0.05) is 0 Å². The summed E-state index contributed by atoms with van der Waals surface area (Å²) in [5.74, 6) is 0. The Morgan fingerprint density at radius 3 is 2.20 bits per heavy atom. The van der Waals surface area contributed by atoms with Crippen molar-refractivity contribution in [3.63, 3.8) is 0 Å². The largest absolute Gasteiger partial charge is 0.330 e. The fourth-order valence-corrected chi connectivity index (χ4v) is 4.70. The molecule has 0 aromatic heterocycles. The quantitative estimate of drug-likeness (QED) is 0.479. The molecule has 0 saturated carbocycles. The predicted molar refractivity (Wildman–Crippen MR) is 105 cm³/mol. The van der Waals surface area contributed by atoms with Crippen molar-refractivity contribution in [1.29, 1.82) is 0 Å². The molecule has 0 unspecified atom stereocenters. The molecule has 4 heteroatoms. The van der Waals surface area contributed by atoms with Gasteiger partial charge < -0.3 is 9.05 Å². The zero-order valence-electron chi connectivity index (χ0n) is 15.5. The van der Waals surface area contributed by atoms with Crippen molar-refractivity contribution >= 4 is 7.60 Å². The van der Waals surface area contributed by atoms with Crippen LogP contribution in [0.15, 0.2) is 48.5 Å². The summed E-state index contributed by atoms with van der Waals surface area (Å²) in [6, 6.07) is 17.1. The normalized spacial score (nSPS) is 11.6. The molecule has 0 aliphatic carbocycles. The second kappa shape index (κ2) is 9.91. The molecule has 0 amide bonds. The molecule has 0 bridgehead atoms. The molecule has 0 radical (unpaired) electrons. The number of rotatable bonds is 10. The highest BCUT2D eigenvalue weighted by Crippen LogP contribution is 2.48. The van der Waals surface area contributed by atoms with Crippen LogP contribution in [0.5, 0.6) is 0 Å². The van der Waals surface area contributed by atoms with Crippen LogP contribution >= 0.6 is 7.60 Å². The van der Waals surface area contributed by atoms with Gasteiger partial charge in [-0.15, -0.1) is 0 Å². The van der Waals surface area contributed by atoms with Gasteiger partial charge in [-0.25, -0.2) is 0 Å². The summed E-state index contributed by atoms with van der Waals surface area (Å²) in [7, 11) is -2.93. The highest BCUT2D eigenvalue weighted by atomic mass is 31.2. The van der Waals surface area contributed by atoms with Crippen molar-refractivity contribution in [3.05, 3.63) is 59.7 Å². The zero-order chi connectivity index (χ0) is 18.1. The third-order valence-corrected chi connectivity index (χ3v) is 6.35. The maximum atomic E-state index is 12.5. The van der Waals surface area contributed by atoms with E-state index < -0.39 is 7.60 Å². The minimum atomic E-state index is -2.93. The van der Waals surface area contributed by atoms with Gasteiger partial charge in [0.15, 0.2) is 0 Å². The van der Waals surface area contributed by atoms with Crippen LogP contribution in [0.1, 0.15) is 38.3 Å². The van der Waals surface area contributed by atoms with E-state index in [0.29, 0.717) is 19.4 Å². The van der Waals surface area contributed by atoms with E-state index in [-0.39, 0.29) is 0 Å². The van der Waals surface area contributed by atoms with Gasteiger partial charge in [0.2, 0.25) is 0 Å². The Morgan fingerprint density at radius 2 is 1.60 bits per heavy atom. The Morgan fingerprint density at radius 1 is 0.920 bits per heavy atom. The SMILES string of the molecule is CCOP(=O)(CCCc1ccc(-c2ccccc2)c(CC)c1)OCC. The van der Waals surface area contributed by atoms with E-state index in [1.807, 2.05) is 19.9 Å². The summed E-state index contributed by atoms with van der Waals surface area (Å²) in [5, 5.41) is 0. The van der Waals surface area contributed by atoms with Crippen LogP contribution in [-0.2, 0) is 26.5 Å². The van der Waals surface area contributed by atoms with E-state index in [9.17, 15) is 4.57 Å². The first-order valence-electron chi connectivity index (χ1n) is 9.17. The lowest BCUT2D eigenvalue weighted by atomic mass is 9.95. The second-order valence-corrected chi connectivity index (χ2v) is 8.17. The highest BCUT2D eigenvalue weighted by molar-refractivity contribution is 7.53. The summed E-state index contributed by atoms with van der Waals surface area (Å²) < 4.78 is 23.2. The third kappa shape index (κ3) is 5.81. The van der Waals surface area contributed by atoms with Gasteiger partial charge in [-0.1, -0.05) is 55.5 Å². The smallest absolute Gasteiger partial charge is 0.309 e. The lowest BCUT2D eigenvalue weighted by Crippen LogP contribution is -2.02. The highest BCUT2D eigenvalue weighted by Gasteiger charge is 2.22. The monoisotopic (exact) mass is 360 g/mol. The lowest BCUT2D eigenvalue weighted by Gasteiger charge is -2.17. The molecule has 0 atom stereocenters. The summed E-state index contributed by atoms with van der Waals surface area (Å²) >= 11 is 0. The molecule has 0 spiro atoms. The Labute approximate surface area is 151 Å². The molecule has 2 aromatic rings. The van der Waals surface area contributed by atoms with Crippen LogP contribution < -0.4 is 0 Å². The van der Waals surface area contributed by atoms with Crippen molar-refractivity contribution in [2.24, 2.45) is 0 Å². The van der Waals surface area contributed by atoms with Gasteiger partial charge in [-0.3, -0.25) is 4.57 Å². The maximum absolute atomic E-state index is 12.5. The number of benzene rings is 2. The molecular weight excluding hydrogens is 331 g/mol. The average molecular weight is 360 g/mol. The summed E-state index contributed by atoms with van der Waals surface area (Å²) in [4.78, 5) is 0. The Bertz CT molecular complexity index is 688. The van der Waals surface area contributed by atoms with Crippen molar-refractivity contribution in [2.45, 2.75) is 40.0 Å². The standard InChI is InChI=1S/C21H29O3P/c1-4-19-17-18(11-10-16-25(22,23-5-2)24-6-3)14-15-21(19)20-12-8-7-9-13-20/h7-9,12-15,17H,4-6,10-11,16H2,1-3H3. The van der Waals surface area contributed by atoms with Crippen LogP contribution in [-0.4, -0.2) is 19.4 Å². The first kappa shape index (κ1) is 19.9. The molecule has 0 saturated heterocycles. The van der Waals surface area contributed by atoms with E-state index in [4.69, 9.17) is 9.05 Å². The van der Waals surface area contributed by atoms with Crippen LogP contribution in [0.2, 0.25) is 0 Å². The fraction of sp³-hybridized carbons (Fsp3) is 0.429. The van der Waals surface area contributed by atoms with Crippen LogP contribution in [0.3, 0.4) is 0 Å². The molecule has 2 rings (SSSR count). The van der Waals surface area contributed by atoms with E-state index in [1.165, 1.54) is 22.3 Å². The number of hydrogen-bond donors (Lipinski definition) is 0. The van der Waals surface area contributed by atoms with Gasteiger partial charge in [-0.2, -0.15) is 0 Å². The van der Waals surface area contributed by atoms with Crippen molar-refractivity contribution in [2.75, 3.05) is 19.4 Å². The summed E-state index contributed by atoms with van der Waals surface area (Å²) in [6.07, 6.45) is 3.14. The molecule has 0 aliphatic rings. The molecule has 3 nitrogen and oxygen atoms in total. The van der Waals surface area contributed by atoms with Crippen LogP contribution in [0.25, 0.3) is 11.1 Å². The van der Waals surface area contributed by atoms with Crippen LogP contribution in [0.4, 0.5) is 0 Å². The average Bonchev–Trinajstić information content (AvgIpc) is 2.62. The molecule has 25 heavy (non-hydrogen) atoms. The van der Waals surface area contributed by atoms with E-state index in [2.05, 4.69) is 49.4 Å². The fourth-order valence-electron chi connectivity index (χ4n) is 3.03. The molecular formula is C21H29O3P. The zero-order valence-corrected chi connectivity index (χ0v) is 16.4. The van der Waals surface area contributed by atoms with Gasteiger partial charge in [-0.05, 0) is 55.4 Å². The van der Waals surface area contributed by atoms with Gasteiger partial charge in [0.25, 0.3) is 0 Å². The molecule has 0 heterocycles. The van der Waals surface area contributed by atoms with Gasteiger partial charge in [0.05, 0.1) is 19.4 Å². The molecule has 0 aliphatic heterocycles. The Balaban J connectivity index is 2.05. The minimum Gasteiger partial charge on any atom is -0.309 e. The maximum Gasteiger partial charge on any atom is 0.330 e. The first-order chi connectivity index (χ1) is 12.1. The second-order valence-electron chi connectivity index (χ2n) is 5.98. The minimum absolute atomic E-state index is 0.420. The Hall–Kier alpha value is -1.41. The van der Waals surface area contributed by atoms with E-state index >= 15 is 0 Å². The predicted octanol–water partition coefficient (Wildman–Crippen LogP) is 6.11. The topological polar surface area (TPSA) is 35.5 Å². The summed E-state index contributed by atoms with van der Waals surface area (Å²) in [6.45, 7) is 6.72. The van der Waals surface area contributed by atoms with Crippen molar-refractivity contribution in [3.8, 4) is 11.1 Å². The molecule has 136 valence electrons. The molecule has 2 aromatic carbocycles. The van der Waals surface area contributed by atoms with Crippen molar-refractivity contribution < 1.29 is 13.6 Å². The van der Waals surface area contributed by atoms with E-state index in [0.717, 1.165) is 19.3 Å². The Kier molecular flexibility index (Phi) is 7.90. The van der Waals surface area contributed by atoms with Crippen LogP contribution in [0, 0.1) is 0 Å². The van der Waals surface area contributed by atoms with E-state index in [1.54, 1.807) is 0 Å². The first-order valence-corrected chi connectivity index (χ1v) is 10.9. The molecule has 0 N–H and O–H groups in total.